The number of amides is 1. The van der Waals surface area contributed by atoms with Crippen LogP contribution in [0, 0.1) is 0 Å². The number of likely N-dealkylation sites (tertiary alicyclic amines) is 1. The monoisotopic (exact) mass is 465 g/mol. The van der Waals surface area contributed by atoms with Crippen LogP contribution in [-0.4, -0.2) is 48.6 Å². The Hall–Kier alpha value is -3.48. The molecule has 1 unspecified atom stereocenters. The van der Waals surface area contributed by atoms with Crippen LogP contribution in [0.15, 0.2) is 48.0 Å². The lowest BCUT2D eigenvalue weighted by Gasteiger charge is -2.35. The molecular weight excluding hydrogens is 434 g/mol. The molecule has 0 spiro atoms. The molecule has 1 aliphatic carbocycles. The third-order valence-corrected chi connectivity index (χ3v) is 6.59. The van der Waals surface area contributed by atoms with Crippen molar-refractivity contribution in [1.82, 2.24) is 4.90 Å². The average Bonchev–Trinajstić information content (AvgIpc) is 3.14. The number of aliphatic hydroxyl groups excluding tert-OH is 1. The number of rotatable bonds is 7. The quantitative estimate of drug-likeness (QED) is 0.357. The molecule has 2 aliphatic rings. The fourth-order valence-corrected chi connectivity index (χ4v) is 5.00. The Morgan fingerprint density at radius 2 is 1.76 bits per heavy atom. The molecule has 1 aliphatic heterocycles. The molecule has 1 N–H and O–H groups in total. The normalized spacial score (nSPS) is 20.4. The SMILES string of the molecule is CCOc1cccc(C2/C(=C(\O)c3cc(OC)ccc3OC)C(=O)C(=O)N2C2CCCCC2)c1. The van der Waals surface area contributed by atoms with Gasteiger partial charge >= 0.3 is 0 Å². The lowest BCUT2D eigenvalue weighted by Crippen LogP contribution is -2.40. The topological polar surface area (TPSA) is 85.3 Å². The summed E-state index contributed by atoms with van der Waals surface area (Å²) in [6.07, 6.45) is 4.78. The van der Waals surface area contributed by atoms with E-state index in [1.807, 2.05) is 31.2 Å². The third-order valence-electron chi connectivity index (χ3n) is 6.59. The molecule has 1 heterocycles. The number of carbonyl (C=O) groups is 2. The van der Waals surface area contributed by atoms with Crippen molar-refractivity contribution in [3.63, 3.8) is 0 Å². The first-order valence-electron chi connectivity index (χ1n) is 11.7. The number of ketones is 1. The summed E-state index contributed by atoms with van der Waals surface area (Å²) in [4.78, 5) is 28.4. The molecule has 2 fully saturated rings. The Morgan fingerprint density at radius 3 is 2.44 bits per heavy atom. The van der Waals surface area contributed by atoms with Gasteiger partial charge in [0.1, 0.15) is 23.0 Å². The molecule has 0 aromatic heterocycles. The maximum Gasteiger partial charge on any atom is 0.295 e. The minimum Gasteiger partial charge on any atom is -0.507 e. The number of nitrogens with zero attached hydrogens (tertiary/aromatic N) is 1. The van der Waals surface area contributed by atoms with Crippen LogP contribution >= 0.6 is 0 Å². The van der Waals surface area contributed by atoms with Gasteiger partial charge in [0.2, 0.25) is 0 Å². The van der Waals surface area contributed by atoms with Crippen molar-refractivity contribution < 1.29 is 28.9 Å². The summed E-state index contributed by atoms with van der Waals surface area (Å²) >= 11 is 0. The fourth-order valence-electron chi connectivity index (χ4n) is 5.00. The molecule has 1 amide bonds. The highest BCUT2D eigenvalue weighted by atomic mass is 16.5. The van der Waals surface area contributed by atoms with Crippen molar-refractivity contribution in [1.29, 1.82) is 0 Å². The van der Waals surface area contributed by atoms with Gasteiger partial charge in [-0.1, -0.05) is 31.4 Å². The van der Waals surface area contributed by atoms with Crippen LogP contribution in [0.1, 0.15) is 56.2 Å². The standard InChI is InChI=1S/C27H31NO6/c1-4-34-20-12-8-9-17(15-20)24-23(25(29)21-16-19(32-2)13-14-22(21)33-3)26(30)27(31)28(24)18-10-6-5-7-11-18/h8-9,12-16,18,24,29H,4-7,10-11H2,1-3H3/b25-23+. The summed E-state index contributed by atoms with van der Waals surface area (Å²) in [6.45, 7) is 2.39. The van der Waals surface area contributed by atoms with E-state index in [0.29, 0.717) is 29.4 Å². The highest BCUT2D eigenvalue weighted by molar-refractivity contribution is 6.46. The van der Waals surface area contributed by atoms with Crippen molar-refractivity contribution >= 4 is 17.4 Å². The van der Waals surface area contributed by atoms with Gasteiger partial charge in [-0.15, -0.1) is 0 Å². The molecule has 2 aromatic carbocycles. The molecule has 1 atom stereocenters. The predicted octanol–water partition coefficient (Wildman–Crippen LogP) is 4.86. The van der Waals surface area contributed by atoms with Crippen LogP contribution < -0.4 is 14.2 Å². The van der Waals surface area contributed by atoms with Gasteiger partial charge < -0.3 is 24.2 Å². The van der Waals surface area contributed by atoms with Crippen LogP contribution in [0.25, 0.3) is 5.76 Å². The molecule has 1 saturated carbocycles. The smallest absolute Gasteiger partial charge is 0.295 e. The maximum absolute atomic E-state index is 13.4. The van der Waals surface area contributed by atoms with Gasteiger partial charge in [0.25, 0.3) is 11.7 Å². The average molecular weight is 466 g/mol. The van der Waals surface area contributed by atoms with Crippen molar-refractivity contribution in [3.8, 4) is 17.2 Å². The number of hydrogen-bond acceptors (Lipinski definition) is 6. The zero-order chi connectivity index (χ0) is 24.2. The minimum atomic E-state index is -0.723. The minimum absolute atomic E-state index is 0.0516. The molecule has 0 radical (unpaired) electrons. The second-order valence-electron chi connectivity index (χ2n) is 8.57. The Balaban J connectivity index is 1.91. The van der Waals surface area contributed by atoms with Gasteiger partial charge in [-0.3, -0.25) is 9.59 Å². The maximum atomic E-state index is 13.4. The Bertz CT molecular complexity index is 1100. The number of hydrogen-bond donors (Lipinski definition) is 1. The van der Waals surface area contributed by atoms with E-state index < -0.39 is 17.7 Å². The number of methoxy groups -OCH3 is 2. The number of ether oxygens (including phenoxy) is 3. The first-order valence-corrected chi connectivity index (χ1v) is 11.7. The van der Waals surface area contributed by atoms with Crippen molar-refractivity contribution in [3.05, 3.63) is 59.2 Å². The summed E-state index contributed by atoms with van der Waals surface area (Å²) in [5, 5.41) is 11.5. The number of Topliss-reactive ketones (excluding diaryl/α,β-unsaturated/α-hetero) is 1. The second-order valence-corrected chi connectivity index (χ2v) is 8.57. The van der Waals surface area contributed by atoms with Gasteiger partial charge in [0, 0.05) is 6.04 Å². The summed E-state index contributed by atoms with van der Waals surface area (Å²) in [5.74, 6) is -0.0305. The van der Waals surface area contributed by atoms with Gasteiger partial charge in [0.15, 0.2) is 0 Å². The lowest BCUT2D eigenvalue weighted by atomic mass is 9.90. The molecule has 7 nitrogen and oxygen atoms in total. The predicted molar refractivity (Wildman–Crippen MR) is 128 cm³/mol. The van der Waals surface area contributed by atoms with Crippen molar-refractivity contribution in [2.24, 2.45) is 0 Å². The summed E-state index contributed by atoms with van der Waals surface area (Å²) in [5.41, 5.74) is 1.07. The Kier molecular flexibility index (Phi) is 7.10. The second kappa shape index (κ2) is 10.2. The third kappa shape index (κ3) is 4.34. The number of carbonyl (C=O) groups excluding carboxylic acids is 2. The summed E-state index contributed by atoms with van der Waals surface area (Å²) < 4.78 is 16.4. The molecule has 1 saturated heterocycles. The number of benzene rings is 2. The van der Waals surface area contributed by atoms with E-state index in [4.69, 9.17) is 14.2 Å². The molecule has 180 valence electrons. The Labute approximate surface area is 199 Å². The van der Waals surface area contributed by atoms with Gasteiger partial charge in [-0.2, -0.15) is 0 Å². The van der Waals surface area contributed by atoms with Crippen LogP contribution in [0.4, 0.5) is 0 Å². The van der Waals surface area contributed by atoms with E-state index in [1.165, 1.54) is 14.2 Å². The molecule has 2 aromatic rings. The molecule has 0 bridgehead atoms. The van der Waals surface area contributed by atoms with Crippen LogP contribution in [0.5, 0.6) is 17.2 Å². The summed E-state index contributed by atoms with van der Waals surface area (Å²) in [7, 11) is 3.01. The molecule has 7 heteroatoms. The van der Waals surface area contributed by atoms with Gasteiger partial charge in [-0.05, 0) is 55.7 Å². The van der Waals surface area contributed by atoms with E-state index in [2.05, 4.69) is 0 Å². The van der Waals surface area contributed by atoms with Crippen molar-refractivity contribution in [2.75, 3.05) is 20.8 Å². The molecular formula is C27H31NO6. The van der Waals surface area contributed by atoms with Crippen molar-refractivity contribution in [2.45, 2.75) is 51.1 Å². The largest absolute Gasteiger partial charge is 0.507 e. The van der Waals surface area contributed by atoms with E-state index in [0.717, 1.165) is 37.7 Å². The highest BCUT2D eigenvalue weighted by Gasteiger charge is 2.49. The first kappa shape index (κ1) is 23.7. The van der Waals surface area contributed by atoms with Crippen LogP contribution in [0.2, 0.25) is 0 Å². The number of aliphatic hydroxyl groups is 1. The fraction of sp³-hybridized carbons (Fsp3) is 0.407. The van der Waals surface area contributed by atoms with Gasteiger partial charge in [0.05, 0.1) is 38.0 Å². The molecule has 34 heavy (non-hydrogen) atoms. The van der Waals surface area contributed by atoms with E-state index in [-0.39, 0.29) is 17.4 Å². The highest BCUT2D eigenvalue weighted by Crippen LogP contribution is 2.45. The first-order chi connectivity index (χ1) is 16.5. The molecule has 4 rings (SSSR count). The van der Waals surface area contributed by atoms with Crippen LogP contribution in [0.3, 0.4) is 0 Å². The van der Waals surface area contributed by atoms with Crippen LogP contribution in [-0.2, 0) is 9.59 Å². The van der Waals surface area contributed by atoms with E-state index in [9.17, 15) is 14.7 Å². The summed E-state index contributed by atoms with van der Waals surface area (Å²) in [6, 6.07) is 11.6. The van der Waals surface area contributed by atoms with E-state index in [1.54, 1.807) is 23.1 Å². The van der Waals surface area contributed by atoms with Gasteiger partial charge in [-0.25, -0.2) is 0 Å². The zero-order valence-electron chi connectivity index (χ0n) is 19.9. The zero-order valence-corrected chi connectivity index (χ0v) is 19.9. The lowest BCUT2D eigenvalue weighted by molar-refractivity contribution is -0.141. The van der Waals surface area contributed by atoms with E-state index >= 15 is 0 Å². The Morgan fingerprint density at radius 1 is 1.00 bits per heavy atom.